The lowest BCUT2D eigenvalue weighted by molar-refractivity contribution is -0.134. The number of hydrogen-bond acceptors (Lipinski definition) is 5. The van der Waals surface area contributed by atoms with Gasteiger partial charge in [0.05, 0.1) is 0 Å². The number of hydrogen-bond donors (Lipinski definition) is 2. The van der Waals surface area contributed by atoms with Crippen molar-refractivity contribution in [3.05, 3.63) is 60.2 Å². The van der Waals surface area contributed by atoms with Gasteiger partial charge in [0.15, 0.2) is 0 Å². The fourth-order valence-electron chi connectivity index (χ4n) is 6.36. The highest BCUT2D eigenvalue weighted by Gasteiger charge is 2.32. The maximum absolute atomic E-state index is 13.8. The number of rotatable bonds is 12. The molecule has 46 heavy (non-hydrogen) atoms. The van der Waals surface area contributed by atoms with Crippen molar-refractivity contribution >= 4 is 29.4 Å². The lowest BCUT2D eigenvalue weighted by Gasteiger charge is -2.41. The number of piperidine rings is 1. The van der Waals surface area contributed by atoms with Crippen LogP contribution in [0.3, 0.4) is 0 Å². The Kier molecular flexibility index (Phi) is 13.6. The van der Waals surface area contributed by atoms with Gasteiger partial charge in [0, 0.05) is 50.1 Å². The van der Waals surface area contributed by atoms with E-state index >= 15 is 0 Å². The van der Waals surface area contributed by atoms with Crippen molar-refractivity contribution in [3.63, 3.8) is 0 Å². The minimum absolute atomic E-state index is 0.0404. The molecule has 0 spiro atoms. The third-order valence-electron chi connectivity index (χ3n) is 9.02. The third kappa shape index (κ3) is 11.0. The molecule has 252 valence electrons. The molecule has 0 radical (unpaired) electrons. The maximum Gasteiger partial charge on any atom is 0.411 e. The van der Waals surface area contributed by atoms with Crippen LogP contribution in [0.25, 0.3) is 0 Å². The van der Waals surface area contributed by atoms with E-state index in [1.807, 2.05) is 52.3 Å². The molecule has 1 atom stereocenters. The number of likely N-dealkylation sites (tertiary alicyclic amines) is 2. The zero-order valence-corrected chi connectivity index (χ0v) is 28.4. The molecular formula is C37H55N5O4. The smallest absolute Gasteiger partial charge is 0.411 e. The number of urea groups is 1. The van der Waals surface area contributed by atoms with E-state index in [0.717, 1.165) is 75.8 Å². The molecular weight excluding hydrogens is 578 g/mol. The lowest BCUT2D eigenvalue weighted by atomic mass is 9.98. The fourth-order valence-corrected chi connectivity index (χ4v) is 6.36. The molecule has 2 fully saturated rings. The molecule has 4 rings (SSSR count). The van der Waals surface area contributed by atoms with E-state index in [4.69, 9.17) is 4.74 Å². The normalized spacial score (nSPS) is 16.6. The quantitative estimate of drug-likeness (QED) is 0.256. The van der Waals surface area contributed by atoms with Gasteiger partial charge in [0.1, 0.15) is 12.6 Å². The molecule has 2 aliphatic heterocycles. The van der Waals surface area contributed by atoms with Crippen molar-refractivity contribution in [2.45, 2.75) is 97.8 Å². The molecule has 2 saturated heterocycles. The number of amides is 4. The van der Waals surface area contributed by atoms with E-state index in [2.05, 4.69) is 55.4 Å². The Hall–Kier alpha value is -3.75. The van der Waals surface area contributed by atoms with Gasteiger partial charge in [-0.25, -0.2) is 9.59 Å². The van der Waals surface area contributed by atoms with Crippen LogP contribution in [0.5, 0.6) is 0 Å². The van der Waals surface area contributed by atoms with Crippen LogP contribution in [0.15, 0.2) is 54.6 Å². The summed E-state index contributed by atoms with van der Waals surface area (Å²) in [5.74, 6) is 0.901. The Balaban J connectivity index is 1.34. The van der Waals surface area contributed by atoms with Gasteiger partial charge in [-0.2, -0.15) is 0 Å². The Morgan fingerprint density at radius 2 is 1.48 bits per heavy atom. The van der Waals surface area contributed by atoms with E-state index in [1.54, 1.807) is 0 Å². The van der Waals surface area contributed by atoms with E-state index < -0.39 is 12.1 Å². The standard InChI is InChI=1S/C37H55N5O4/c1-28(2)18-25-42(32-16-14-31(15-17-32)38-37(45)46-27-30-12-8-7-9-13-30)33-19-23-40(24-20-33)35(43)34(26-29(3)4)39-36(44)41-21-10-5-6-11-22-41/h7-9,12-17,28-29,33-34H,5-6,10-11,18-27H2,1-4H3,(H,38,45)(H,39,44). The molecule has 9 nitrogen and oxygen atoms in total. The molecule has 0 saturated carbocycles. The summed E-state index contributed by atoms with van der Waals surface area (Å²) >= 11 is 0. The first kappa shape index (κ1) is 35.1. The first-order valence-electron chi connectivity index (χ1n) is 17.4. The molecule has 0 bridgehead atoms. The van der Waals surface area contributed by atoms with E-state index in [9.17, 15) is 14.4 Å². The molecule has 2 heterocycles. The second kappa shape index (κ2) is 17.8. The molecule has 2 aromatic rings. The van der Waals surface area contributed by atoms with Gasteiger partial charge in [0.25, 0.3) is 0 Å². The van der Waals surface area contributed by atoms with E-state index in [0.29, 0.717) is 43.1 Å². The number of carbonyl (C=O) groups is 3. The van der Waals surface area contributed by atoms with Crippen LogP contribution in [-0.4, -0.2) is 72.6 Å². The van der Waals surface area contributed by atoms with Gasteiger partial charge in [-0.1, -0.05) is 70.9 Å². The predicted molar refractivity (Wildman–Crippen MR) is 185 cm³/mol. The van der Waals surface area contributed by atoms with Crippen LogP contribution < -0.4 is 15.5 Å². The van der Waals surface area contributed by atoms with Gasteiger partial charge in [0.2, 0.25) is 5.91 Å². The number of anilines is 2. The second-order valence-electron chi connectivity index (χ2n) is 13.7. The highest BCUT2D eigenvalue weighted by Crippen LogP contribution is 2.27. The maximum atomic E-state index is 13.8. The Labute approximate surface area is 276 Å². The second-order valence-corrected chi connectivity index (χ2v) is 13.7. The minimum atomic E-state index is -0.497. The van der Waals surface area contributed by atoms with Crippen LogP contribution in [-0.2, 0) is 16.1 Å². The highest BCUT2D eigenvalue weighted by molar-refractivity contribution is 5.87. The summed E-state index contributed by atoms with van der Waals surface area (Å²) in [5, 5.41) is 5.95. The summed E-state index contributed by atoms with van der Waals surface area (Å²) in [5.41, 5.74) is 2.73. The summed E-state index contributed by atoms with van der Waals surface area (Å²) in [6.45, 7) is 12.7. The number of ether oxygens (including phenoxy) is 1. The van der Waals surface area contributed by atoms with E-state index in [-0.39, 0.29) is 18.5 Å². The average Bonchev–Trinajstić information content (AvgIpc) is 3.34. The molecule has 1 unspecified atom stereocenters. The van der Waals surface area contributed by atoms with Crippen molar-refractivity contribution < 1.29 is 19.1 Å². The summed E-state index contributed by atoms with van der Waals surface area (Å²) < 4.78 is 5.38. The Morgan fingerprint density at radius 1 is 0.826 bits per heavy atom. The first-order valence-corrected chi connectivity index (χ1v) is 17.4. The van der Waals surface area contributed by atoms with Crippen LogP contribution >= 0.6 is 0 Å². The van der Waals surface area contributed by atoms with Gasteiger partial charge < -0.3 is 24.8 Å². The zero-order chi connectivity index (χ0) is 32.9. The lowest BCUT2D eigenvalue weighted by Crippen LogP contribution is -2.55. The molecule has 4 amide bonds. The summed E-state index contributed by atoms with van der Waals surface area (Å²) in [4.78, 5) is 45.6. The van der Waals surface area contributed by atoms with Crippen molar-refractivity contribution in [1.82, 2.24) is 15.1 Å². The van der Waals surface area contributed by atoms with Gasteiger partial charge in [-0.3, -0.25) is 10.1 Å². The van der Waals surface area contributed by atoms with Gasteiger partial charge in [-0.15, -0.1) is 0 Å². The van der Waals surface area contributed by atoms with Crippen molar-refractivity contribution in [2.24, 2.45) is 11.8 Å². The molecule has 0 aliphatic carbocycles. The predicted octanol–water partition coefficient (Wildman–Crippen LogP) is 7.28. The first-order chi connectivity index (χ1) is 22.2. The van der Waals surface area contributed by atoms with Crippen LogP contribution in [0, 0.1) is 11.8 Å². The molecule has 2 N–H and O–H groups in total. The molecule has 2 aliphatic rings. The van der Waals surface area contributed by atoms with Crippen molar-refractivity contribution in [2.75, 3.05) is 42.9 Å². The summed E-state index contributed by atoms with van der Waals surface area (Å²) in [6.07, 6.45) is 7.31. The van der Waals surface area contributed by atoms with Gasteiger partial charge >= 0.3 is 12.1 Å². The number of nitrogens with zero attached hydrogens (tertiary/aromatic N) is 3. The molecule has 9 heteroatoms. The van der Waals surface area contributed by atoms with Crippen molar-refractivity contribution in [3.8, 4) is 0 Å². The fraction of sp³-hybridized carbons (Fsp3) is 0.595. The third-order valence-corrected chi connectivity index (χ3v) is 9.02. The topological polar surface area (TPSA) is 94.2 Å². The number of nitrogens with one attached hydrogen (secondary N) is 2. The summed E-state index contributed by atoms with van der Waals surface area (Å²) in [6, 6.07) is 17.3. The zero-order valence-electron chi connectivity index (χ0n) is 28.4. The van der Waals surface area contributed by atoms with Gasteiger partial charge in [-0.05, 0) is 80.2 Å². The van der Waals surface area contributed by atoms with Crippen LogP contribution in [0.2, 0.25) is 0 Å². The Morgan fingerprint density at radius 3 is 2.09 bits per heavy atom. The van der Waals surface area contributed by atoms with E-state index in [1.165, 1.54) is 0 Å². The largest absolute Gasteiger partial charge is 0.444 e. The van der Waals surface area contributed by atoms with Crippen molar-refractivity contribution in [1.29, 1.82) is 0 Å². The SMILES string of the molecule is CC(C)CCN(c1ccc(NC(=O)OCc2ccccc2)cc1)C1CCN(C(=O)C(CC(C)C)NC(=O)N2CCCCCC2)CC1. The monoisotopic (exact) mass is 633 g/mol. The highest BCUT2D eigenvalue weighted by atomic mass is 16.5. The van der Waals surface area contributed by atoms with Crippen LogP contribution in [0.4, 0.5) is 21.0 Å². The summed E-state index contributed by atoms with van der Waals surface area (Å²) in [7, 11) is 0. The number of benzene rings is 2. The van der Waals surface area contributed by atoms with Crippen LogP contribution in [0.1, 0.15) is 84.6 Å². The molecule has 0 aromatic heterocycles. The molecule has 2 aromatic carbocycles. The number of carbonyl (C=O) groups excluding carboxylic acids is 3. The Bertz CT molecular complexity index is 1220. The minimum Gasteiger partial charge on any atom is -0.444 e. The average molecular weight is 634 g/mol.